The van der Waals surface area contributed by atoms with Crippen molar-refractivity contribution in [3.05, 3.63) is 23.1 Å². The molecule has 18 heavy (non-hydrogen) atoms. The Hall–Kier alpha value is -1.53. The van der Waals surface area contributed by atoms with Crippen molar-refractivity contribution in [3.63, 3.8) is 0 Å². The fourth-order valence-corrected chi connectivity index (χ4v) is 2.11. The smallest absolute Gasteiger partial charge is 0.203 e. The summed E-state index contributed by atoms with van der Waals surface area (Å²) in [6, 6.07) is 0. The molecular weight excluding hydrogens is 254 g/mol. The molecular formula is C11H16ClN5O. The Bertz CT molecular complexity index is 508. The van der Waals surface area contributed by atoms with Crippen LogP contribution in [-0.2, 0) is 11.3 Å². The molecule has 0 aromatic carbocycles. The van der Waals surface area contributed by atoms with Gasteiger partial charge in [-0.3, -0.25) is 9.58 Å². The molecule has 2 heterocycles. The van der Waals surface area contributed by atoms with E-state index in [0.717, 1.165) is 17.9 Å². The number of nitrogens with two attached hydrogens (primary N) is 1. The number of anilines is 1. The lowest BCUT2D eigenvalue weighted by Gasteiger charge is -2.32. The first-order valence-corrected chi connectivity index (χ1v) is 6.01. The summed E-state index contributed by atoms with van der Waals surface area (Å²) in [5, 5.41) is 4.86. The molecule has 1 aliphatic heterocycles. The van der Waals surface area contributed by atoms with Crippen molar-refractivity contribution in [2.45, 2.75) is 26.6 Å². The minimum Gasteiger partial charge on any atom is -0.369 e. The molecule has 0 saturated heterocycles. The molecule has 1 atom stereocenters. The molecule has 0 fully saturated rings. The summed E-state index contributed by atoms with van der Waals surface area (Å²) >= 11 is 6.09. The molecule has 1 aromatic rings. The molecule has 1 aliphatic rings. The van der Waals surface area contributed by atoms with E-state index in [0.29, 0.717) is 11.0 Å². The van der Waals surface area contributed by atoms with E-state index >= 15 is 0 Å². The highest BCUT2D eigenvalue weighted by Crippen LogP contribution is 2.28. The predicted molar refractivity (Wildman–Crippen MR) is 71.5 cm³/mol. The first-order chi connectivity index (χ1) is 8.58. The topological polar surface area (TPSA) is 68.7 Å². The van der Waals surface area contributed by atoms with E-state index in [1.165, 1.54) is 6.20 Å². The number of ether oxygens (including phenoxy) is 1. The van der Waals surface area contributed by atoms with Crippen molar-refractivity contribution in [2.24, 2.45) is 10.7 Å². The van der Waals surface area contributed by atoms with Gasteiger partial charge in [-0.1, -0.05) is 11.6 Å². The fraction of sp³-hybridized carbons (Fsp3) is 0.455. The Balaban J connectivity index is 2.44. The number of methoxy groups -OCH3 is 1. The number of aryl methyl sites for hydroxylation is 2. The van der Waals surface area contributed by atoms with Gasteiger partial charge in [0.15, 0.2) is 6.23 Å². The van der Waals surface area contributed by atoms with Crippen LogP contribution in [0, 0.1) is 6.92 Å². The van der Waals surface area contributed by atoms with Gasteiger partial charge < -0.3 is 10.5 Å². The maximum Gasteiger partial charge on any atom is 0.203 e. The van der Waals surface area contributed by atoms with E-state index < -0.39 is 6.23 Å². The number of hydrogen-bond acceptors (Lipinski definition) is 5. The molecule has 0 amide bonds. The molecule has 0 saturated carbocycles. The highest BCUT2D eigenvalue weighted by atomic mass is 35.5. The molecule has 2 rings (SSSR count). The van der Waals surface area contributed by atoms with Crippen LogP contribution < -0.4 is 10.6 Å². The third-order valence-corrected chi connectivity index (χ3v) is 3.05. The van der Waals surface area contributed by atoms with Gasteiger partial charge in [-0.05, 0) is 13.8 Å². The van der Waals surface area contributed by atoms with Crippen LogP contribution in [-0.4, -0.2) is 29.1 Å². The van der Waals surface area contributed by atoms with Gasteiger partial charge in [0.05, 0.1) is 16.4 Å². The third-order valence-electron chi connectivity index (χ3n) is 2.76. The van der Waals surface area contributed by atoms with Crippen LogP contribution in [0.1, 0.15) is 12.6 Å². The number of hydrogen-bond donors (Lipinski definition) is 1. The second-order valence-corrected chi connectivity index (χ2v) is 4.35. The summed E-state index contributed by atoms with van der Waals surface area (Å²) in [7, 11) is 1.58. The van der Waals surface area contributed by atoms with Gasteiger partial charge >= 0.3 is 0 Å². The van der Waals surface area contributed by atoms with Gasteiger partial charge in [0.2, 0.25) is 5.96 Å². The molecule has 2 N–H and O–H groups in total. The van der Waals surface area contributed by atoms with Gasteiger partial charge in [-0.2, -0.15) is 5.10 Å². The van der Waals surface area contributed by atoms with Crippen molar-refractivity contribution in [1.29, 1.82) is 0 Å². The summed E-state index contributed by atoms with van der Waals surface area (Å²) in [6.45, 7) is 4.71. The van der Waals surface area contributed by atoms with Crippen LogP contribution in [0.2, 0.25) is 0 Å². The van der Waals surface area contributed by atoms with E-state index in [1.54, 1.807) is 12.0 Å². The number of aromatic nitrogens is 2. The van der Waals surface area contributed by atoms with Crippen LogP contribution in [0.3, 0.4) is 0 Å². The minimum absolute atomic E-state index is 0.338. The number of halogens is 1. The first kappa shape index (κ1) is 12.9. The molecule has 0 aliphatic carbocycles. The number of guanidine groups is 1. The van der Waals surface area contributed by atoms with Gasteiger partial charge in [0, 0.05) is 26.1 Å². The monoisotopic (exact) mass is 269 g/mol. The van der Waals surface area contributed by atoms with Gasteiger partial charge in [-0.25, -0.2) is 4.99 Å². The molecule has 7 heteroatoms. The first-order valence-electron chi connectivity index (χ1n) is 5.63. The average molecular weight is 270 g/mol. The highest BCUT2D eigenvalue weighted by Gasteiger charge is 2.30. The lowest BCUT2D eigenvalue weighted by Crippen LogP contribution is -2.48. The van der Waals surface area contributed by atoms with Gasteiger partial charge in [-0.15, -0.1) is 0 Å². The molecule has 0 spiro atoms. The Labute approximate surface area is 111 Å². The molecule has 98 valence electrons. The zero-order chi connectivity index (χ0) is 13.3. The van der Waals surface area contributed by atoms with Crippen LogP contribution in [0.25, 0.3) is 0 Å². The highest BCUT2D eigenvalue weighted by molar-refractivity contribution is 6.31. The van der Waals surface area contributed by atoms with Crippen LogP contribution in [0.15, 0.2) is 22.4 Å². The van der Waals surface area contributed by atoms with Gasteiger partial charge in [0.1, 0.15) is 0 Å². The average Bonchev–Trinajstić information content (AvgIpc) is 2.73. The Kier molecular flexibility index (Phi) is 3.58. The second-order valence-electron chi connectivity index (χ2n) is 3.91. The summed E-state index contributed by atoms with van der Waals surface area (Å²) in [6.07, 6.45) is 2.94. The zero-order valence-electron chi connectivity index (χ0n) is 10.6. The minimum atomic E-state index is -0.461. The number of aliphatic imine (C=N–C) groups is 1. The Morgan fingerprint density at radius 3 is 2.83 bits per heavy atom. The lowest BCUT2D eigenvalue weighted by molar-refractivity contribution is 0.143. The second kappa shape index (κ2) is 4.99. The lowest BCUT2D eigenvalue weighted by atomic mass is 10.3. The molecule has 0 radical (unpaired) electrons. The molecule has 0 bridgehead atoms. The standard InChI is InChI=1S/C11H16ClN5O/c1-4-16-6-9(7(2)15-16)17-10(18-3)8(12)5-14-11(17)13/h5-6,10H,4H2,1-3H3,(H2,13,14). The molecule has 6 nitrogen and oxygen atoms in total. The van der Waals surface area contributed by atoms with Crippen LogP contribution >= 0.6 is 11.6 Å². The number of rotatable bonds is 3. The van der Waals surface area contributed by atoms with E-state index in [-0.39, 0.29) is 0 Å². The quantitative estimate of drug-likeness (QED) is 0.901. The fourth-order valence-electron chi connectivity index (χ4n) is 1.87. The van der Waals surface area contributed by atoms with Crippen molar-refractivity contribution in [3.8, 4) is 0 Å². The van der Waals surface area contributed by atoms with Crippen LogP contribution in [0.4, 0.5) is 5.69 Å². The maximum absolute atomic E-state index is 6.09. The Morgan fingerprint density at radius 2 is 2.28 bits per heavy atom. The van der Waals surface area contributed by atoms with Crippen molar-refractivity contribution in [1.82, 2.24) is 9.78 Å². The molecule has 1 unspecified atom stereocenters. The van der Waals surface area contributed by atoms with Crippen molar-refractivity contribution < 1.29 is 4.74 Å². The zero-order valence-corrected chi connectivity index (χ0v) is 11.3. The maximum atomic E-state index is 6.09. The summed E-state index contributed by atoms with van der Waals surface area (Å²) in [5.41, 5.74) is 7.61. The molecule has 1 aromatic heterocycles. The SMILES string of the molecule is CCn1cc(N2C(N)=NC=C(Cl)C2OC)c(C)n1. The predicted octanol–water partition coefficient (Wildman–Crippen LogP) is 1.40. The van der Waals surface area contributed by atoms with E-state index in [1.807, 2.05) is 24.7 Å². The largest absolute Gasteiger partial charge is 0.369 e. The number of nitrogens with zero attached hydrogens (tertiary/aromatic N) is 4. The van der Waals surface area contributed by atoms with E-state index in [9.17, 15) is 0 Å². The van der Waals surface area contributed by atoms with Crippen molar-refractivity contribution >= 4 is 23.2 Å². The van der Waals surface area contributed by atoms with E-state index in [2.05, 4.69) is 10.1 Å². The summed E-state index contributed by atoms with van der Waals surface area (Å²) in [4.78, 5) is 5.79. The van der Waals surface area contributed by atoms with Crippen LogP contribution in [0.5, 0.6) is 0 Å². The Morgan fingerprint density at radius 1 is 1.56 bits per heavy atom. The summed E-state index contributed by atoms with van der Waals surface area (Å²) in [5.74, 6) is 0.338. The normalized spacial score (nSPS) is 19.8. The summed E-state index contributed by atoms with van der Waals surface area (Å²) < 4.78 is 7.20. The van der Waals surface area contributed by atoms with E-state index in [4.69, 9.17) is 22.1 Å². The van der Waals surface area contributed by atoms with Crippen molar-refractivity contribution in [2.75, 3.05) is 12.0 Å². The van der Waals surface area contributed by atoms with Gasteiger partial charge in [0.25, 0.3) is 0 Å². The third kappa shape index (κ3) is 2.09.